The first kappa shape index (κ1) is 40.9. The summed E-state index contributed by atoms with van der Waals surface area (Å²) in [5.41, 5.74) is 1.75. The van der Waals surface area contributed by atoms with E-state index in [1.54, 1.807) is 12.3 Å². The van der Waals surface area contributed by atoms with Crippen molar-refractivity contribution in [3.63, 3.8) is 0 Å². The number of piperazine rings is 1. The molecule has 1 atom stereocenters. The van der Waals surface area contributed by atoms with Gasteiger partial charge in [-0.15, -0.1) is 0 Å². The van der Waals surface area contributed by atoms with Gasteiger partial charge in [-0.2, -0.15) is 14.3 Å². The fraction of sp³-hybridized carbons (Fsp3) is 0.452. The number of imide groups is 2. The number of nitrogens with zero attached hydrogens (tertiary/aromatic N) is 11. The number of aromatic nitrogens is 7. The third-order valence-electron chi connectivity index (χ3n) is 12.7. The monoisotopic (exact) mass is 879 g/mol. The Kier molecular flexibility index (Phi) is 10.3. The fourth-order valence-electron chi connectivity index (χ4n) is 9.12. The quantitative estimate of drug-likeness (QED) is 0.183. The Morgan fingerprint density at radius 1 is 0.889 bits per heavy atom. The van der Waals surface area contributed by atoms with E-state index in [1.807, 2.05) is 16.9 Å². The lowest BCUT2D eigenvalue weighted by atomic mass is 10.0. The summed E-state index contributed by atoms with van der Waals surface area (Å²) in [6.45, 7) is 9.14. The molecule has 1 aliphatic carbocycles. The highest BCUT2D eigenvalue weighted by Gasteiger charge is 2.45. The van der Waals surface area contributed by atoms with Gasteiger partial charge in [0.2, 0.25) is 11.8 Å². The maximum Gasteiger partial charge on any atom is 0.262 e. The van der Waals surface area contributed by atoms with Crippen LogP contribution >= 0.6 is 0 Å². The number of rotatable bonds is 11. The molecule has 10 rings (SSSR count). The SMILES string of the molecule is CC(C)n1nc(N2CCC(N3CCN(Cc4cc5c(cc4F)C(=O)N(C4CCC(=O)NC4=O)C5=O)CC3)CC2)c2cnc(Nc3ccnc(-c4cnn(S(=O)(=O)C5CC5)c4)n3)cc21. The molecule has 0 radical (unpaired) electrons. The minimum Gasteiger partial charge on any atom is -0.354 e. The Hall–Kier alpha value is -6.19. The maximum absolute atomic E-state index is 15.4. The summed E-state index contributed by atoms with van der Waals surface area (Å²) in [6, 6.07) is 5.58. The second-order valence-electron chi connectivity index (χ2n) is 17.2. The van der Waals surface area contributed by atoms with E-state index in [9.17, 15) is 27.6 Å². The molecule has 2 N–H and O–H groups in total. The zero-order valence-electron chi connectivity index (χ0n) is 34.8. The van der Waals surface area contributed by atoms with Gasteiger partial charge < -0.3 is 10.2 Å². The molecule has 63 heavy (non-hydrogen) atoms. The maximum atomic E-state index is 15.4. The van der Waals surface area contributed by atoms with Crippen LogP contribution in [0.15, 0.2) is 49.1 Å². The highest BCUT2D eigenvalue weighted by Crippen LogP contribution is 2.34. The normalized spacial score (nSPS) is 20.6. The summed E-state index contributed by atoms with van der Waals surface area (Å²) in [6.07, 6.45) is 9.57. The first-order valence-corrected chi connectivity index (χ1v) is 22.9. The summed E-state index contributed by atoms with van der Waals surface area (Å²) in [7, 11) is -3.51. The molecule has 8 heterocycles. The lowest BCUT2D eigenvalue weighted by Crippen LogP contribution is -2.54. The molecule has 4 amide bonds. The lowest BCUT2D eigenvalue weighted by Gasteiger charge is -2.43. The Morgan fingerprint density at radius 3 is 2.35 bits per heavy atom. The molecular formula is C42H46FN13O6S. The second kappa shape index (κ2) is 15.9. The van der Waals surface area contributed by atoms with Crippen molar-refractivity contribution in [2.24, 2.45) is 0 Å². The molecule has 5 aromatic rings. The van der Waals surface area contributed by atoms with E-state index in [-0.39, 0.29) is 41.8 Å². The summed E-state index contributed by atoms with van der Waals surface area (Å²) >= 11 is 0. The molecule has 0 spiro atoms. The molecule has 328 valence electrons. The Balaban J connectivity index is 0.757. The molecule has 4 aromatic heterocycles. The predicted octanol–water partition coefficient (Wildman–Crippen LogP) is 3.08. The zero-order valence-corrected chi connectivity index (χ0v) is 35.6. The van der Waals surface area contributed by atoms with Gasteiger partial charge in [-0.3, -0.25) is 43.9 Å². The predicted molar refractivity (Wildman–Crippen MR) is 227 cm³/mol. The van der Waals surface area contributed by atoms with Crippen LogP contribution in [0.1, 0.15) is 84.7 Å². The molecule has 0 bridgehead atoms. The van der Waals surface area contributed by atoms with Crippen LogP contribution in [0.3, 0.4) is 0 Å². The highest BCUT2D eigenvalue weighted by molar-refractivity contribution is 7.90. The second-order valence-corrected chi connectivity index (χ2v) is 19.2. The van der Waals surface area contributed by atoms with E-state index in [0.717, 1.165) is 70.8 Å². The topological polar surface area (TPSA) is 214 Å². The van der Waals surface area contributed by atoms with Crippen LogP contribution in [0, 0.1) is 5.82 Å². The number of amides is 4. The molecule has 4 aliphatic heterocycles. The Labute approximate surface area is 361 Å². The van der Waals surface area contributed by atoms with Gasteiger partial charge in [-0.1, -0.05) is 0 Å². The number of piperidine rings is 2. The van der Waals surface area contributed by atoms with Crippen molar-refractivity contribution in [3.05, 3.63) is 71.6 Å². The number of nitrogens with one attached hydrogen (secondary N) is 2. The van der Waals surface area contributed by atoms with Crippen molar-refractivity contribution in [2.75, 3.05) is 49.5 Å². The number of benzene rings is 1. The molecule has 1 aromatic carbocycles. The molecule has 4 fully saturated rings. The lowest BCUT2D eigenvalue weighted by molar-refractivity contribution is -0.136. The largest absolute Gasteiger partial charge is 0.354 e. The van der Waals surface area contributed by atoms with E-state index in [1.165, 1.54) is 18.5 Å². The molecule has 5 aliphatic rings. The number of anilines is 3. The Morgan fingerprint density at radius 2 is 1.63 bits per heavy atom. The van der Waals surface area contributed by atoms with Gasteiger partial charge in [-0.05, 0) is 64.2 Å². The molecule has 1 unspecified atom stereocenters. The van der Waals surface area contributed by atoms with Crippen LogP contribution in [0.5, 0.6) is 0 Å². The zero-order chi connectivity index (χ0) is 43.7. The van der Waals surface area contributed by atoms with Crippen LogP contribution in [0.2, 0.25) is 0 Å². The molecule has 21 heteroatoms. The number of halogens is 1. The van der Waals surface area contributed by atoms with E-state index >= 15 is 4.39 Å². The average molecular weight is 880 g/mol. The van der Waals surface area contributed by atoms with Gasteiger partial charge in [0.25, 0.3) is 21.8 Å². The molecule has 19 nitrogen and oxygen atoms in total. The van der Waals surface area contributed by atoms with Crippen molar-refractivity contribution in [3.8, 4) is 11.4 Å². The number of carbonyl (C=O) groups is 4. The minimum atomic E-state index is -3.51. The minimum absolute atomic E-state index is 0.0126. The van der Waals surface area contributed by atoms with E-state index in [0.29, 0.717) is 60.6 Å². The van der Waals surface area contributed by atoms with E-state index in [2.05, 4.69) is 54.2 Å². The highest BCUT2D eigenvalue weighted by atomic mass is 32.2. The van der Waals surface area contributed by atoms with Gasteiger partial charge in [0.1, 0.15) is 23.5 Å². The third kappa shape index (κ3) is 7.60. The van der Waals surface area contributed by atoms with Gasteiger partial charge in [0, 0.05) is 88.3 Å². The summed E-state index contributed by atoms with van der Waals surface area (Å²) in [5, 5.41) is 15.2. The summed E-state index contributed by atoms with van der Waals surface area (Å²) in [4.78, 5) is 72.1. The number of hydrogen-bond donors (Lipinski definition) is 2. The van der Waals surface area contributed by atoms with Crippen molar-refractivity contribution >= 4 is 62.0 Å². The standard InChI is InChI=1S/C42H46FN13O6S/c1-24(2)56-34-19-36(47-35-7-10-44-38(48-35)26-20-46-54(23-26)63(61,62)28-3-4-28)45-21-31(34)39(50-56)53-11-8-27(9-12-53)52-15-13-51(14-16-52)22-25-17-29-30(18-32(25)43)42(60)55(41(29)59)33-5-6-37(57)49-40(33)58/h7,10,17-21,23-24,27-28,33H,3-6,8-9,11-16,22H2,1-2H3,(H,49,57,58)(H,44,45,47,48). The van der Waals surface area contributed by atoms with E-state index in [4.69, 9.17) is 10.1 Å². The van der Waals surface area contributed by atoms with Crippen LogP contribution < -0.4 is 15.5 Å². The van der Waals surface area contributed by atoms with Crippen molar-refractivity contribution in [2.45, 2.75) is 82.3 Å². The smallest absolute Gasteiger partial charge is 0.262 e. The summed E-state index contributed by atoms with van der Waals surface area (Å²) in [5.74, 6) is -0.808. The average Bonchev–Trinajstić information content (AvgIpc) is 3.82. The number of fused-ring (bicyclic) bond motifs is 2. The number of hydrogen-bond acceptors (Lipinski definition) is 15. The number of pyridine rings is 1. The van der Waals surface area contributed by atoms with Gasteiger partial charge in [0.15, 0.2) is 11.6 Å². The van der Waals surface area contributed by atoms with Gasteiger partial charge in [0.05, 0.1) is 45.2 Å². The van der Waals surface area contributed by atoms with Gasteiger partial charge in [-0.25, -0.2) is 27.8 Å². The van der Waals surface area contributed by atoms with Gasteiger partial charge >= 0.3 is 0 Å². The van der Waals surface area contributed by atoms with E-state index < -0.39 is 45.5 Å². The third-order valence-corrected chi connectivity index (χ3v) is 14.7. The molecule has 3 saturated heterocycles. The van der Waals surface area contributed by atoms with Crippen LogP contribution in [-0.4, -0.2) is 137 Å². The molecule has 1 saturated carbocycles. The van der Waals surface area contributed by atoms with Crippen molar-refractivity contribution in [1.29, 1.82) is 0 Å². The van der Waals surface area contributed by atoms with Crippen molar-refractivity contribution in [1.82, 2.24) is 53.9 Å². The fourth-order valence-corrected chi connectivity index (χ4v) is 10.6. The first-order chi connectivity index (χ1) is 30.3. The summed E-state index contributed by atoms with van der Waals surface area (Å²) < 4.78 is 43.7. The van der Waals surface area contributed by atoms with Crippen molar-refractivity contribution < 1.29 is 32.0 Å². The molecular weight excluding hydrogens is 834 g/mol. The number of carbonyl (C=O) groups excluding carboxylic acids is 4. The van der Waals surface area contributed by atoms with Crippen LogP contribution in [-0.2, 0) is 26.2 Å². The Bertz CT molecular complexity index is 2790. The first-order valence-electron chi connectivity index (χ1n) is 21.4. The van der Waals surface area contributed by atoms with Crippen LogP contribution in [0.25, 0.3) is 22.3 Å². The van der Waals surface area contributed by atoms with Crippen LogP contribution in [0.4, 0.5) is 21.8 Å².